The van der Waals surface area contributed by atoms with Crippen molar-refractivity contribution in [3.63, 3.8) is 0 Å². The zero-order chi connectivity index (χ0) is 24.0. The highest BCUT2D eigenvalue weighted by Gasteiger charge is 2.69. The van der Waals surface area contributed by atoms with Gasteiger partial charge in [-0.3, -0.25) is 4.79 Å². The summed E-state index contributed by atoms with van der Waals surface area (Å²) in [6.07, 6.45) is 11.0. The van der Waals surface area contributed by atoms with Crippen LogP contribution in [0.1, 0.15) is 91.9 Å². The minimum atomic E-state index is -0.624. The minimum absolute atomic E-state index is 0.00316. The molecule has 0 saturated heterocycles. The summed E-state index contributed by atoms with van der Waals surface area (Å²) < 4.78 is 0. The lowest BCUT2D eigenvalue weighted by atomic mass is 9.34. The molecule has 4 fully saturated rings. The molecule has 0 amide bonds. The number of aliphatic carboxylic acids is 1. The van der Waals surface area contributed by atoms with E-state index in [4.69, 9.17) is 0 Å². The minimum Gasteiger partial charge on any atom is -0.481 e. The molecule has 0 aliphatic heterocycles. The summed E-state index contributed by atoms with van der Waals surface area (Å²) in [5.74, 6) is 0.270. The van der Waals surface area contributed by atoms with Gasteiger partial charge < -0.3 is 15.3 Å². The standard InChI is InChI=1S/C29H44O4/c1-18-8-13-29(24(32)33)15-14-27(4)19(20(29)16-18)6-7-22-25(2)11-10-23(31)26(3,17-30)21(25)9-12-28(22,27)5/h6,20-23,30-31H,1,7-17H2,2-5H3,(H,32,33)/t20?,21?,22?,23-,25+,26-,27-,28-,29+/m1/s1. The molecule has 0 spiro atoms. The number of rotatable bonds is 2. The molecule has 0 aromatic rings. The highest BCUT2D eigenvalue weighted by atomic mass is 16.4. The zero-order valence-electron chi connectivity index (χ0n) is 21.1. The maximum absolute atomic E-state index is 12.6. The lowest BCUT2D eigenvalue weighted by Gasteiger charge is -2.71. The maximum atomic E-state index is 12.6. The van der Waals surface area contributed by atoms with Gasteiger partial charge >= 0.3 is 5.97 Å². The van der Waals surface area contributed by atoms with Crippen molar-refractivity contribution in [2.75, 3.05) is 6.61 Å². The second-order valence-electron chi connectivity index (χ2n) is 13.5. The lowest BCUT2D eigenvalue weighted by Crippen LogP contribution is -2.65. The molecule has 3 unspecified atom stereocenters. The third-order valence-electron chi connectivity index (χ3n) is 12.6. The molecule has 4 nitrogen and oxygen atoms in total. The van der Waals surface area contributed by atoms with Crippen LogP contribution < -0.4 is 0 Å². The molecule has 184 valence electrons. The Balaban J connectivity index is 1.59. The van der Waals surface area contributed by atoms with Crippen LogP contribution in [0.5, 0.6) is 0 Å². The number of fused-ring (bicyclic) bond motifs is 7. The zero-order valence-corrected chi connectivity index (χ0v) is 21.1. The van der Waals surface area contributed by atoms with Gasteiger partial charge in [0.2, 0.25) is 0 Å². The first-order valence-electron chi connectivity index (χ1n) is 13.3. The molecule has 3 N–H and O–H groups in total. The molecule has 5 aliphatic rings. The van der Waals surface area contributed by atoms with E-state index in [1.807, 2.05) is 0 Å². The van der Waals surface area contributed by atoms with E-state index in [1.165, 1.54) is 11.1 Å². The van der Waals surface area contributed by atoms with Gasteiger partial charge in [0.25, 0.3) is 0 Å². The van der Waals surface area contributed by atoms with Crippen LogP contribution in [0.3, 0.4) is 0 Å². The second kappa shape index (κ2) is 7.20. The van der Waals surface area contributed by atoms with Crippen molar-refractivity contribution < 1.29 is 20.1 Å². The predicted octanol–water partition coefficient (Wildman–Crippen LogP) is 5.74. The Kier molecular flexibility index (Phi) is 5.15. The summed E-state index contributed by atoms with van der Waals surface area (Å²) in [6, 6.07) is 0. The quantitative estimate of drug-likeness (QED) is 0.463. The molecule has 4 heteroatoms. The fourth-order valence-electron chi connectivity index (χ4n) is 10.2. The van der Waals surface area contributed by atoms with Crippen LogP contribution in [0, 0.1) is 44.8 Å². The third-order valence-corrected chi connectivity index (χ3v) is 12.6. The molecule has 5 aliphatic carbocycles. The third kappa shape index (κ3) is 2.74. The van der Waals surface area contributed by atoms with Gasteiger partial charge in [-0.25, -0.2) is 0 Å². The fraction of sp³-hybridized carbons (Fsp3) is 0.828. The summed E-state index contributed by atoms with van der Waals surface area (Å²) in [5, 5.41) is 31.6. The Hall–Kier alpha value is -1.13. The molecule has 0 heterocycles. The van der Waals surface area contributed by atoms with Crippen molar-refractivity contribution in [2.24, 2.45) is 44.8 Å². The van der Waals surface area contributed by atoms with E-state index in [0.29, 0.717) is 11.8 Å². The number of carbonyl (C=O) groups is 1. The van der Waals surface area contributed by atoms with Gasteiger partial charge in [-0.05, 0) is 92.3 Å². The first-order valence-corrected chi connectivity index (χ1v) is 13.3. The van der Waals surface area contributed by atoms with Gasteiger partial charge in [-0.1, -0.05) is 51.5 Å². The highest BCUT2D eigenvalue weighted by molar-refractivity contribution is 5.77. The van der Waals surface area contributed by atoms with Crippen LogP contribution in [0.25, 0.3) is 0 Å². The molecule has 0 radical (unpaired) electrons. The van der Waals surface area contributed by atoms with Crippen molar-refractivity contribution in [2.45, 2.75) is 98.0 Å². The van der Waals surface area contributed by atoms with Crippen molar-refractivity contribution >= 4 is 5.97 Å². The number of hydrogen-bond donors (Lipinski definition) is 3. The average Bonchev–Trinajstić information content (AvgIpc) is 2.77. The molecular weight excluding hydrogens is 412 g/mol. The number of aliphatic hydroxyl groups is 2. The van der Waals surface area contributed by atoms with E-state index in [0.717, 1.165) is 64.2 Å². The van der Waals surface area contributed by atoms with Crippen LogP contribution in [0.2, 0.25) is 0 Å². The predicted molar refractivity (Wildman–Crippen MR) is 129 cm³/mol. The molecule has 33 heavy (non-hydrogen) atoms. The number of carboxylic acid groups (broad SMARTS) is 1. The SMILES string of the molecule is C=C1CC[C@]2(C(=O)O)CC[C@]3(C)C(=CCC4[C@@]5(C)CC[C@@H](O)[C@](C)(CO)C5CC[C@]43C)C2C1. The van der Waals surface area contributed by atoms with E-state index in [-0.39, 0.29) is 28.8 Å². The molecule has 0 aromatic carbocycles. The second-order valence-corrected chi connectivity index (χ2v) is 13.5. The van der Waals surface area contributed by atoms with Crippen molar-refractivity contribution in [3.05, 3.63) is 23.8 Å². The van der Waals surface area contributed by atoms with E-state index in [1.54, 1.807) is 0 Å². The Bertz CT molecular complexity index is 907. The van der Waals surface area contributed by atoms with Crippen LogP contribution in [0.15, 0.2) is 23.8 Å². The number of carboxylic acids is 1. The summed E-state index contributed by atoms with van der Waals surface area (Å²) in [4.78, 5) is 12.6. The van der Waals surface area contributed by atoms with Crippen molar-refractivity contribution in [1.82, 2.24) is 0 Å². The number of aliphatic hydroxyl groups excluding tert-OH is 2. The molecule has 0 bridgehead atoms. The van der Waals surface area contributed by atoms with Gasteiger partial charge in [-0.15, -0.1) is 0 Å². The fourth-order valence-corrected chi connectivity index (χ4v) is 10.2. The normalized spacial score (nSPS) is 53.8. The molecule has 4 saturated carbocycles. The maximum Gasteiger partial charge on any atom is 0.310 e. The van der Waals surface area contributed by atoms with E-state index in [9.17, 15) is 20.1 Å². The molecular formula is C29H44O4. The van der Waals surface area contributed by atoms with Crippen LogP contribution >= 0.6 is 0 Å². The Labute approximate surface area is 199 Å². The number of allylic oxidation sites excluding steroid dienone is 3. The monoisotopic (exact) mass is 456 g/mol. The van der Waals surface area contributed by atoms with Gasteiger partial charge in [0.1, 0.15) is 0 Å². The molecule has 9 atom stereocenters. The number of hydrogen-bond acceptors (Lipinski definition) is 3. The van der Waals surface area contributed by atoms with E-state index < -0.39 is 22.9 Å². The topological polar surface area (TPSA) is 77.8 Å². The van der Waals surface area contributed by atoms with Crippen molar-refractivity contribution in [3.8, 4) is 0 Å². The summed E-state index contributed by atoms with van der Waals surface area (Å²) in [7, 11) is 0. The van der Waals surface area contributed by atoms with Crippen LogP contribution in [-0.4, -0.2) is 34.0 Å². The lowest BCUT2D eigenvalue weighted by molar-refractivity contribution is -0.215. The summed E-state index contributed by atoms with van der Waals surface area (Å²) in [6.45, 7) is 13.8. The average molecular weight is 457 g/mol. The van der Waals surface area contributed by atoms with Gasteiger partial charge in [0.15, 0.2) is 0 Å². The first-order chi connectivity index (χ1) is 15.4. The summed E-state index contributed by atoms with van der Waals surface area (Å²) in [5.41, 5.74) is 1.74. The van der Waals surface area contributed by atoms with Crippen LogP contribution in [0.4, 0.5) is 0 Å². The Morgan fingerprint density at radius 3 is 2.45 bits per heavy atom. The van der Waals surface area contributed by atoms with Crippen LogP contribution in [-0.2, 0) is 4.79 Å². The Morgan fingerprint density at radius 2 is 1.79 bits per heavy atom. The molecule has 5 rings (SSSR count). The smallest absolute Gasteiger partial charge is 0.310 e. The van der Waals surface area contributed by atoms with E-state index >= 15 is 0 Å². The largest absolute Gasteiger partial charge is 0.481 e. The Morgan fingerprint density at radius 1 is 1.06 bits per heavy atom. The van der Waals surface area contributed by atoms with Gasteiger partial charge in [0.05, 0.1) is 18.1 Å². The first kappa shape index (κ1) is 23.6. The summed E-state index contributed by atoms with van der Waals surface area (Å²) >= 11 is 0. The highest BCUT2D eigenvalue weighted by Crippen LogP contribution is 2.75. The van der Waals surface area contributed by atoms with Gasteiger partial charge in [-0.2, -0.15) is 0 Å². The van der Waals surface area contributed by atoms with E-state index in [2.05, 4.69) is 40.3 Å². The van der Waals surface area contributed by atoms with Crippen molar-refractivity contribution in [1.29, 1.82) is 0 Å². The molecule has 0 aromatic heterocycles. The van der Waals surface area contributed by atoms with Gasteiger partial charge in [0, 0.05) is 11.3 Å².